The van der Waals surface area contributed by atoms with Crippen LogP contribution in [0.4, 0.5) is 5.69 Å². The summed E-state index contributed by atoms with van der Waals surface area (Å²) >= 11 is 0. The second-order valence-electron chi connectivity index (χ2n) is 4.96. The largest absolute Gasteiger partial charge is 0.497 e. The third kappa shape index (κ3) is 6.22. The second-order valence-corrected chi connectivity index (χ2v) is 4.96. The topological polar surface area (TPSA) is 62.7 Å². The Bertz CT molecular complexity index is 624. The minimum Gasteiger partial charge on any atom is -0.497 e. The molecule has 2 rings (SSSR count). The number of nitrogens with zero attached hydrogens (tertiary/aromatic N) is 1. The van der Waals surface area contributed by atoms with Gasteiger partial charge in [0.25, 0.3) is 0 Å². The molecule has 23 heavy (non-hydrogen) atoms. The van der Waals surface area contributed by atoms with Gasteiger partial charge in [0.15, 0.2) is 0 Å². The molecule has 0 radical (unpaired) electrons. The maximum Gasteiger partial charge on any atom is 0.240 e. The number of rotatable bonds is 8. The average molecular weight is 311 g/mol. The fourth-order valence-electron chi connectivity index (χ4n) is 1.96. The smallest absolute Gasteiger partial charge is 0.240 e. The van der Waals surface area contributed by atoms with E-state index in [-0.39, 0.29) is 5.91 Å². The summed E-state index contributed by atoms with van der Waals surface area (Å²) in [5, 5.41) is 7.21. The van der Waals surface area contributed by atoms with Gasteiger partial charge in [0.2, 0.25) is 5.91 Å². The standard InChI is InChI=1S/C18H21N3O2/c1-23-17-11-9-15(10-12-17)14-20-21-18(22)8-5-13-19-16-6-3-2-4-7-16/h2-4,6-7,9-12,14,19H,5,8,13H2,1H3,(H,21,22)/b20-14+. The number of methoxy groups -OCH3 is 1. The molecule has 0 aliphatic heterocycles. The van der Waals surface area contributed by atoms with E-state index in [0.717, 1.165) is 30.0 Å². The van der Waals surface area contributed by atoms with Crippen molar-refractivity contribution >= 4 is 17.8 Å². The molecule has 0 aliphatic carbocycles. The summed E-state index contributed by atoms with van der Waals surface area (Å²) in [6.07, 6.45) is 2.79. The number of carbonyl (C=O) groups is 1. The van der Waals surface area contributed by atoms with Crippen LogP contribution in [-0.2, 0) is 4.79 Å². The minimum atomic E-state index is -0.0929. The van der Waals surface area contributed by atoms with E-state index in [9.17, 15) is 4.79 Å². The number of carbonyl (C=O) groups excluding carboxylic acids is 1. The molecule has 1 amide bonds. The van der Waals surface area contributed by atoms with Gasteiger partial charge < -0.3 is 10.1 Å². The highest BCUT2D eigenvalue weighted by Gasteiger charge is 1.99. The highest BCUT2D eigenvalue weighted by molar-refractivity contribution is 5.82. The van der Waals surface area contributed by atoms with Crippen LogP contribution in [-0.4, -0.2) is 25.8 Å². The number of ether oxygens (including phenoxy) is 1. The molecule has 0 fully saturated rings. The van der Waals surface area contributed by atoms with E-state index in [1.165, 1.54) is 0 Å². The van der Waals surface area contributed by atoms with Crippen LogP contribution in [0, 0.1) is 0 Å². The molecule has 5 heteroatoms. The molecule has 2 N–H and O–H groups in total. The predicted octanol–water partition coefficient (Wildman–Crippen LogP) is 3.04. The van der Waals surface area contributed by atoms with E-state index >= 15 is 0 Å². The van der Waals surface area contributed by atoms with Gasteiger partial charge in [-0.1, -0.05) is 18.2 Å². The summed E-state index contributed by atoms with van der Waals surface area (Å²) in [5.74, 6) is 0.696. The lowest BCUT2D eigenvalue weighted by Gasteiger charge is -2.05. The first kappa shape index (κ1) is 16.5. The Morgan fingerprint density at radius 1 is 1.13 bits per heavy atom. The molecule has 2 aromatic rings. The Hall–Kier alpha value is -2.82. The molecule has 0 saturated heterocycles. The van der Waals surface area contributed by atoms with Gasteiger partial charge in [0.05, 0.1) is 13.3 Å². The molecule has 0 bridgehead atoms. The molecule has 0 unspecified atom stereocenters. The normalized spacial score (nSPS) is 10.5. The Labute approximate surface area is 136 Å². The highest BCUT2D eigenvalue weighted by Crippen LogP contribution is 2.09. The van der Waals surface area contributed by atoms with Crippen molar-refractivity contribution in [3.05, 3.63) is 60.2 Å². The average Bonchev–Trinajstić information content (AvgIpc) is 2.60. The molecule has 120 valence electrons. The molecule has 0 aromatic heterocycles. The number of hydrogen-bond acceptors (Lipinski definition) is 4. The summed E-state index contributed by atoms with van der Waals surface area (Å²) in [7, 11) is 1.62. The first-order valence-electron chi connectivity index (χ1n) is 7.53. The van der Waals surface area contributed by atoms with Crippen LogP contribution in [0.3, 0.4) is 0 Å². The minimum absolute atomic E-state index is 0.0929. The Morgan fingerprint density at radius 2 is 1.87 bits per heavy atom. The van der Waals surface area contributed by atoms with Crippen LogP contribution in [0.2, 0.25) is 0 Å². The van der Waals surface area contributed by atoms with Crippen molar-refractivity contribution < 1.29 is 9.53 Å². The number of hydrogen-bond donors (Lipinski definition) is 2. The zero-order chi connectivity index (χ0) is 16.3. The van der Waals surface area contributed by atoms with Crippen LogP contribution in [0.1, 0.15) is 18.4 Å². The van der Waals surface area contributed by atoms with E-state index in [1.54, 1.807) is 13.3 Å². The maximum absolute atomic E-state index is 11.7. The van der Waals surface area contributed by atoms with Crippen LogP contribution in [0.25, 0.3) is 0 Å². The lowest BCUT2D eigenvalue weighted by molar-refractivity contribution is -0.121. The lowest BCUT2D eigenvalue weighted by Crippen LogP contribution is -2.18. The van der Waals surface area contributed by atoms with E-state index in [4.69, 9.17) is 4.74 Å². The maximum atomic E-state index is 11.7. The number of anilines is 1. The van der Waals surface area contributed by atoms with Crippen LogP contribution >= 0.6 is 0 Å². The molecule has 0 aliphatic rings. The van der Waals surface area contributed by atoms with Crippen LogP contribution in [0.5, 0.6) is 5.75 Å². The Balaban J connectivity index is 1.63. The van der Waals surface area contributed by atoms with Gasteiger partial charge in [0, 0.05) is 18.7 Å². The number of benzene rings is 2. The van der Waals surface area contributed by atoms with Gasteiger partial charge in [-0.15, -0.1) is 0 Å². The molecule has 0 spiro atoms. The van der Waals surface area contributed by atoms with Crippen LogP contribution in [0.15, 0.2) is 59.7 Å². The summed E-state index contributed by atoms with van der Waals surface area (Å²) < 4.78 is 5.08. The van der Waals surface area contributed by atoms with Crippen molar-refractivity contribution in [2.45, 2.75) is 12.8 Å². The number of hydrazone groups is 1. The fraction of sp³-hybridized carbons (Fsp3) is 0.222. The zero-order valence-corrected chi connectivity index (χ0v) is 13.2. The fourth-order valence-corrected chi connectivity index (χ4v) is 1.96. The van der Waals surface area contributed by atoms with Gasteiger partial charge in [-0.2, -0.15) is 5.10 Å². The van der Waals surface area contributed by atoms with Gasteiger partial charge in [-0.3, -0.25) is 4.79 Å². The van der Waals surface area contributed by atoms with E-state index in [0.29, 0.717) is 6.42 Å². The zero-order valence-electron chi connectivity index (χ0n) is 13.2. The van der Waals surface area contributed by atoms with Gasteiger partial charge in [-0.25, -0.2) is 5.43 Å². The molecule has 0 saturated carbocycles. The van der Waals surface area contributed by atoms with Crippen LogP contribution < -0.4 is 15.5 Å². The third-order valence-corrected chi connectivity index (χ3v) is 3.20. The van der Waals surface area contributed by atoms with Gasteiger partial charge in [0.1, 0.15) is 5.75 Å². The van der Waals surface area contributed by atoms with E-state index in [1.807, 2.05) is 54.6 Å². The number of nitrogens with one attached hydrogen (secondary N) is 2. The van der Waals surface area contributed by atoms with E-state index in [2.05, 4.69) is 15.8 Å². The second kappa shape index (κ2) is 9.25. The molecular formula is C18H21N3O2. The summed E-state index contributed by atoms with van der Waals surface area (Å²) in [5.41, 5.74) is 4.49. The van der Waals surface area contributed by atoms with Crippen molar-refractivity contribution in [2.75, 3.05) is 19.0 Å². The Morgan fingerprint density at radius 3 is 2.57 bits per heavy atom. The Kier molecular flexibility index (Phi) is 6.65. The van der Waals surface area contributed by atoms with Crippen molar-refractivity contribution in [3.63, 3.8) is 0 Å². The summed E-state index contributed by atoms with van der Waals surface area (Å²) in [4.78, 5) is 11.7. The van der Waals surface area contributed by atoms with E-state index < -0.39 is 0 Å². The molecule has 2 aromatic carbocycles. The van der Waals surface area contributed by atoms with Gasteiger partial charge in [-0.05, 0) is 48.4 Å². The molecule has 0 heterocycles. The lowest BCUT2D eigenvalue weighted by atomic mass is 10.2. The summed E-state index contributed by atoms with van der Waals surface area (Å²) in [6.45, 7) is 0.750. The SMILES string of the molecule is COc1ccc(/C=N/NC(=O)CCCNc2ccccc2)cc1. The van der Waals surface area contributed by atoms with Gasteiger partial charge >= 0.3 is 0 Å². The number of amides is 1. The molecule has 0 atom stereocenters. The first-order valence-corrected chi connectivity index (χ1v) is 7.53. The quantitative estimate of drug-likeness (QED) is 0.447. The van der Waals surface area contributed by atoms with Crippen molar-refractivity contribution in [1.82, 2.24) is 5.43 Å². The third-order valence-electron chi connectivity index (χ3n) is 3.20. The predicted molar refractivity (Wildman–Crippen MR) is 92.9 cm³/mol. The molecule has 5 nitrogen and oxygen atoms in total. The number of para-hydroxylation sites is 1. The molecular weight excluding hydrogens is 290 g/mol. The first-order chi connectivity index (χ1) is 11.3. The summed E-state index contributed by atoms with van der Waals surface area (Å²) in [6, 6.07) is 17.4. The monoisotopic (exact) mass is 311 g/mol. The van der Waals surface area contributed by atoms with Crippen molar-refractivity contribution in [2.24, 2.45) is 5.10 Å². The van der Waals surface area contributed by atoms with Crippen molar-refractivity contribution in [3.8, 4) is 5.75 Å². The highest BCUT2D eigenvalue weighted by atomic mass is 16.5. The van der Waals surface area contributed by atoms with Crippen molar-refractivity contribution in [1.29, 1.82) is 0 Å².